The van der Waals surface area contributed by atoms with Gasteiger partial charge in [0.1, 0.15) is 0 Å². The van der Waals surface area contributed by atoms with Crippen LogP contribution in [0.1, 0.15) is 42.5 Å². The van der Waals surface area contributed by atoms with E-state index in [0.29, 0.717) is 5.92 Å². The van der Waals surface area contributed by atoms with Gasteiger partial charge in [0.25, 0.3) is 5.56 Å². The average Bonchev–Trinajstić information content (AvgIpc) is 3.09. The van der Waals surface area contributed by atoms with Gasteiger partial charge in [0, 0.05) is 28.6 Å². The SMILES string of the molecule is CSc1ccc(/C(=C\C2CCCC2)c2ccc(C)c(=O)[nH]2)cn1. The van der Waals surface area contributed by atoms with E-state index in [1.165, 1.54) is 25.7 Å². The van der Waals surface area contributed by atoms with Crippen molar-refractivity contribution >= 4 is 17.3 Å². The minimum atomic E-state index is -0.0199. The van der Waals surface area contributed by atoms with E-state index in [4.69, 9.17) is 0 Å². The molecule has 1 saturated carbocycles. The molecule has 0 atom stereocenters. The molecule has 1 fully saturated rings. The normalized spacial score (nSPS) is 16.0. The lowest BCUT2D eigenvalue weighted by molar-refractivity contribution is 0.687. The molecule has 0 aromatic carbocycles. The van der Waals surface area contributed by atoms with Crippen LogP contribution >= 0.6 is 11.8 Å². The fraction of sp³-hybridized carbons (Fsp3) is 0.368. The highest BCUT2D eigenvalue weighted by Crippen LogP contribution is 2.31. The minimum Gasteiger partial charge on any atom is -0.322 e. The maximum atomic E-state index is 12.0. The van der Waals surface area contributed by atoms with Crippen LogP contribution in [0.3, 0.4) is 0 Å². The molecule has 4 heteroatoms. The van der Waals surface area contributed by atoms with Crippen molar-refractivity contribution in [3.05, 3.63) is 63.7 Å². The summed E-state index contributed by atoms with van der Waals surface area (Å²) in [6, 6.07) is 8.02. The van der Waals surface area contributed by atoms with Gasteiger partial charge in [-0.1, -0.05) is 31.1 Å². The lowest BCUT2D eigenvalue weighted by Crippen LogP contribution is -2.11. The average molecular weight is 326 g/mol. The van der Waals surface area contributed by atoms with E-state index in [1.54, 1.807) is 11.8 Å². The van der Waals surface area contributed by atoms with Crippen molar-refractivity contribution in [2.45, 2.75) is 37.6 Å². The Morgan fingerprint density at radius 1 is 1.26 bits per heavy atom. The van der Waals surface area contributed by atoms with Crippen LogP contribution in [0.5, 0.6) is 0 Å². The number of aromatic amines is 1. The Balaban J connectivity index is 2.04. The van der Waals surface area contributed by atoms with E-state index in [-0.39, 0.29) is 5.56 Å². The monoisotopic (exact) mass is 326 g/mol. The first kappa shape index (κ1) is 16.1. The second-order valence-corrected chi connectivity index (χ2v) is 6.92. The van der Waals surface area contributed by atoms with Crippen LogP contribution in [0.2, 0.25) is 0 Å². The molecule has 3 rings (SSSR count). The molecule has 1 aliphatic rings. The Morgan fingerprint density at radius 3 is 2.65 bits per heavy atom. The van der Waals surface area contributed by atoms with Gasteiger partial charge in [-0.15, -0.1) is 11.8 Å². The molecule has 23 heavy (non-hydrogen) atoms. The number of thioether (sulfide) groups is 1. The quantitative estimate of drug-likeness (QED) is 0.846. The predicted octanol–water partition coefficient (Wildman–Crippen LogP) is 4.42. The molecule has 1 aliphatic carbocycles. The summed E-state index contributed by atoms with van der Waals surface area (Å²) in [4.78, 5) is 19.5. The van der Waals surface area contributed by atoms with Crippen molar-refractivity contribution in [3.63, 3.8) is 0 Å². The van der Waals surface area contributed by atoms with Crippen molar-refractivity contribution < 1.29 is 0 Å². The molecule has 120 valence electrons. The summed E-state index contributed by atoms with van der Waals surface area (Å²) in [5.41, 5.74) is 3.76. The number of H-pyrrole nitrogens is 1. The summed E-state index contributed by atoms with van der Waals surface area (Å²) in [6.45, 7) is 1.83. The van der Waals surface area contributed by atoms with Crippen molar-refractivity contribution in [1.29, 1.82) is 0 Å². The molecular weight excluding hydrogens is 304 g/mol. The highest BCUT2D eigenvalue weighted by atomic mass is 32.2. The second kappa shape index (κ2) is 7.18. The van der Waals surface area contributed by atoms with E-state index < -0.39 is 0 Å². The summed E-state index contributed by atoms with van der Waals surface area (Å²) in [5, 5.41) is 1.01. The first-order chi connectivity index (χ1) is 11.2. The topological polar surface area (TPSA) is 45.8 Å². The zero-order valence-corrected chi connectivity index (χ0v) is 14.5. The Labute approximate surface area is 141 Å². The summed E-state index contributed by atoms with van der Waals surface area (Å²) in [6.07, 6.45) is 11.3. The smallest absolute Gasteiger partial charge is 0.251 e. The standard InChI is InChI=1S/C19H22N2OS/c1-13-7-9-17(21-19(13)22)16(11-14-5-3-4-6-14)15-8-10-18(23-2)20-12-15/h7-12,14H,3-6H2,1-2H3,(H,21,22)/b16-11+. The third kappa shape index (κ3) is 3.75. The highest BCUT2D eigenvalue weighted by molar-refractivity contribution is 7.98. The molecule has 0 amide bonds. The van der Waals surface area contributed by atoms with Crippen LogP contribution < -0.4 is 5.56 Å². The van der Waals surface area contributed by atoms with Gasteiger partial charge in [-0.05, 0) is 44.1 Å². The number of hydrogen-bond donors (Lipinski definition) is 1. The van der Waals surface area contributed by atoms with Gasteiger partial charge < -0.3 is 4.98 Å². The zero-order valence-electron chi connectivity index (χ0n) is 13.6. The molecule has 2 aromatic heterocycles. The Bertz CT molecular complexity index is 756. The number of nitrogens with zero attached hydrogens (tertiary/aromatic N) is 1. The molecule has 0 radical (unpaired) electrons. The first-order valence-electron chi connectivity index (χ1n) is 8.10. The number of aromatic nitrogens is 2. The summed E-state index contributed by atoms with van der Waals surface area (Å²) in [7, 11) is 0. The molecule has 0 bridgehead atoms. The Hall–Kier alpha value is -1.81. The Morgan fingerprint density at radius 2 is 2.04 bits per heavy atom. The third-order valence-corrected chi connectivity index (χ3v) is 5.11. The number of hydrogen-bond acceptors (Lipinski definition) is 3. The molecule has 1 N–H and O–H groups in total. The molecule has 0 aliphatic heterocycles. The van der Waals surface area contributed by atoms with Crippen LogP contribution in [-0.4, -0.2) is 16.2 Å². The van der Waals surface area contributed by atoms with Gasteiger partial charge in [-0.2, -0.15) is 0 Å². The second-order valence-electron chi connectivity index (χ2n) is 6.10. The predicted molar refractivity (Wildman–Crippen MR) is 96.9 cm³/mol. The molecule has 2 heterocycles. The minimum absolute atomic E-state index is 0.0199. The van der Waals surface area contributed by atoms with Gasteiger partial charge in [0.15, 0.2) is 0 Å². The van der Waals surface area contributed by atoms with E-state index in [2.05, 4.69) is 22.1 Å². The molecular formula is C19H22N2OS. The van der Waals surface area contributed by atoms with Gasteiger partial charge in [-0.25, -0.2) is 4.98 Å². The van der Waals surface area contributed by atoms with E-state index >= 15 is 0 Å². The molecule has 0 spiro atoms. The fourth-order valence-corrected chi connectivity index (χ4v) is 3.43. The number of pyridine rings is 2. The van der Waals surface area contributed by atoms with Crippen molar-refractivity contribution in [2.75, 3.05) is 6.26 Å². The van der Waals surface area contributed by atoms with Crippen molar-refractivity contribution in [2.24, 2.45) is 5.92 Å². The largest absolute Gasteiger partial charge is 0.322 e. The zero-order chi connectivity index (χ0) is 16.2. The summed E-state index contributed by atoms with van der Waals surface area (Å²) >= 11 is 1.63. The third-order valence-electron chi connectivity index (χ3n) is 4.46. The number of aryl methyl sites for hydroxylation is 1. The summed E-state index contributed by atoms with van der Waals surface area (Å²) < 4.78 is 0. The summed E-state index contributed by atoms with van der Waals surface area (Å²) in [5.74, 6) is 0.593. The number of allylic oxidation sites excluding steroid dienone is 1. The van der Waals surface area contributed by atoms with E-state index in [1.807, 2.05) is 37.6 Å². The lowest BCUT2D eigenvalue weighted by Gasteiger charge is -2.12. The molecule has 0 saturated heterocycles. The van der Waals surface area contributed by atoms with Gasteiger partial charge in [0.05, 0.1) is 5.03 Å². The fourth-order valence-electron chi connectivity index (χ4n) is 3.07. The molecule has 0 unspecified atom stereocenters. The van der Waals surface area contributed by atoms with Gasteiger partial charge >= 0.3 is 0 Å². The van der Waals surface area contributed by atoms with Crippen LogP contribution in [0.25, 0.3) is 5.57 Å². The van der Waals surface area contributed by atoms with E-state index in [0.717, 1.165) is 27.4 Å². The van der Waals surface area contributed by atoms with Crippen LogP contribution in [0.4, 0.5) is 0 Å². The van der Waals surface area contributed by atoms with Crippen LogP contribution in [0.15, 0.2) is 46.4 Å². The maximum absolute atomic E-state index is 12.0. The van der Waals surface area contributed by atoms with Gasteiger partial charge in [-0.3, -0.25) is 4.79 Å². The maximum Gasteiger partial charge on any atom is 0.251 e. The Kier molecular flexibility index (Phi) is 5.01. The van der Waals surface area contributed by atoms with Crippen LogP contribution in [-0.2, 0) is 0 Å². The highest BCUT2D eigenvalue weighted by Gasteiger charge is 2.16. The van der Waals surface area contributed by atoms with Gasteiger partial charge in [0.2, 0.25) is 0 Å². The van der Waals surface area contributed by atoms with Crippen molar-refractivity contribution in [1.82, 2.24) is 9.97 Å². The number of nitrogens with one attached hydrogen (secondary N) is 1. The van der Waals surface area contributed by atoms with Crippen LogP contribution in [0, 0.1) is 12.8 Å². The van der Waals surface area contributed by atoms with E-state index in [9.17, 15) is 4.79 Å². The number of rotatable bonds is 4. The lowest BCUT2D eigenvalue weighted by atomic mass is 9.97. The first-order valence-corrected chi connectivity index (χ1v) is 9.32. The molecule has 3 nitrogen and oxygen atoms in total. The van der Waals surface area contributed by atoms with Crippen molar-refractivity contribution in [3.8, 4) is 0 Å². The molecule has 2 aromatic rings.